The van der Waals surface area contributed by atoms with Crippen LogP contribution in [-0.4, -0.2) is 4.98 Å². The number of nitrogens with zero attached hydrogens (tertiary/aromatic N) is 1. The zero-order valence-electron chi connectivity index (χ0n) is 12.0. The molecule has 20 heavy (non-hydrogen) atoms. The molecule has 108 valence electrons. The van der Waals surface area contributed by atoms with Crippen molar-refractivity contribution in [1.29, 1.82) is 0 Å². The lowest BCUT2D eigenvalue weighted by Gasteiger charge is -2.34. The number of nitrogens with one attached hydrogen (secondary N) is 1. The number of thiophene rings is 1. The maximum absolute atomic E-state index is 5.87. The van der Waals surface area contributed by atoms with Gasteiger partial charge in [0.15, 0.2) is 0 Å². The van der Waals surface area contributed by atoms with Crippen molar-refractivity contribution < 1.29 is 0 Å². The number of hydrogen-bond donors (Lipinski definition) is 2. The molecule has 0 saturated heterocycles. The lowest BCUT2D eigenvalue weighted by molar-refractivity contribution is 0.210. The fraction of sp³-hybridized carbons (Fsp3) is 0.562. The number of nitrogens with two attached hydrogens (primary N) is 1. The number of hydrazine groups is 1. The Morgan fingerprint density at radius 3 is 3.20 bits per heavy atom. The van der Waals surface area contributed by atoms with E-state index in [2.05, 4.69) is 34.8 Å². The van der Waals surface area contributed by atoms with Gasteiger partial charge in [-0.1, -0.05) is 26.2 Å². The van der Waals surface area contributed by atoms with E-state index in [9.17, 15) is 0 Å². The van der Waals surface area contributed by atoms with E-state index in [-0.39, 0.29) is 6.04 Å². The van der Waals surface area contributed by atoms with Crippen molar-refractivity contribution >= 4 is 21.6 Å². The summed E-state index contributed by atoms with van der Waals surface area (Å²) in [6, 6.07) is 4.57. The van der Waals surface area contributed by atoms with Gasteiger partial charge in [-0.05, 0) is 47.8 Å². The van der Waals surface area contributed by atoms with Gasteiger partial charge < -0.3 is 0 Å². The SMILES string of the molecule is CCC1CCCC(C(NN)c2cnc3ccsc3c2)C1. The van der Waals surface area contributed by atoms with Crippen molar-refractivity contribution in [3.05, 3.63) is 29.3 Å². The minimum Gasteiger partial charge on any atom is -0.271 e. The molecule has 2 aromatic rings. The van der Waals surface area contributed by atoms with Crippen LogP contribution in [0.25, 0.3) is 10.2 Å². The Morgan fingerprint density at radius 1 is 1.50 bits per heavy atom. The van der Waals surface area contributed by atoms with E-state index in [0.717, 1.165) is 11.4 Å². The first kappa shape index (κ1) is 14.0. The first-order chi connectivity index (χ1) is 9.81. The number of hydrogen-bond acceptors (Lipinski definition) is 4. The fourth-order valence-corrected chi connectivity index (χ4v) is 4.33. The number of fused-ring (bicyclic) bond motifs is 1. The van der Waals surface area contributed by atoms with Crippen LogP contribution >= 0.6 is 11.3 Å². The van der Waals surface area contributed by atoms with Gasteiger partial charge >= 0.3 is 0 Å². The molecule has 1 fully saturated rings. The van der Waals surface area contributed by atoms with E-state index in [4.69, 9.17) is 5.84 Å². The second-order valence-electron chi connectivity index (χ2n) is 5.92. The third-order valence-corrected chi connectivity index (χ3v) is 5.59. The van der Waals surface area contributed by atoms with Gasteiger partial charge in [-0.3, -0.25) is 16.3 Å². The predicted octanol–water partition coefficient (Wildman–Crippen LogP) is 4.02. The van der Waals surface area contributed by atoms with E-state index in [1.54, 1.807) is 11.3 Å². The molecule has 3 unspecified atom stereocenters. The van der Waals surface area contributed by atoms with Crippen LogP contribution in [0.5, 0.6) is 0 Å². The van der Waals surface area contributed by atoms with Crippen molar-refractivity contribution in [2.75, 3.05) is 0 Å². The summed E-state index contributed by atoms with van der Waals surface area (Å²) in [6.45, 7) is 2.30. The third kappa shape index (κ3) is 2.73. The van der Waals surface area contributed by atoms with Crippen LogP contribution < -0.4 is 11.3 Å². The lowest BCUT2D eigenvalue weighted by Crippen LogP contribution is -2.35. The highest BCUT2D eigenvalue weighted by molar-refractivity contribution is 7.17. The van der Waals surface area contributed by atoms with Crippen LogP contribution in [0.1, 0.15) is 50.6 Å². The molecule has 2 aromatic heterocycles. The average molecular weight is 289 g/mol. The average Bonchev–Trinajstić information content (AvgIpc) is 2.96. The Labute approximate surface area is 124 Å². The predicted molar refractivity (Wildman–Crippen MR) is 85.4 cm³/mol. The topological polar surface area (TPSA) is 50.9 Å². The van der Waals surface area contributed by atoms with E-state index in [0.29, 0.717) is 5.92 Å². The number of rotatable bonds is 4. The van der Waals surface area contributed by atoms with E-state index >= 15 is 0 Å². The first-order valence-electron chi connectivity index (χ1n) is 7.61. The number of pyridine rings is 1. The molecule has 0 aliphatic heterocycles. The second-order valence-corrected chi connectivity index (χ2v) is 6.87. The van der Waals surface area contributed by atoms with E-state index in [1.165, 1.54) is 42.4 Å². The van der Waals surface area contributed by atoms with Crippen LogP contribution in [0.2, 0.25) is 0 Å². The van der Waals surface area contributed by atoms with Gasteiger partial charge in [-0.2, -0.15) is 0 Å². The second kappa shape index (κ2) is 6.20. The van der Waals surface area contributed by atoms with E-state index in [1.807, 2.05) is 6.20 Å². The zero-order chi connectivity index (χ0) is 13.9. The van der Waals surface area contributed by atoms with Crippen molar-refractivity contribution in [1.82, 2.24) is 10.4 Å². The van der Waals surface area contributed by atoms with Gasteiger partial charge in [0.25, 0.3) is 0 Å². The van der Waals surface area contributed by atoms with Crippen molar-refractivity contribution in [3.8, 4) is 0 Å². The molecule has 3 nitrogen and oxygen atoms in total. The van der Waals surface area contributed by atoms with Gasteiger partial charge in [0.1, 0.15) is 0 Å². The highest BCUT2D eigenvalue weighted by Gasteiger charge is 2.28. The van der Waals surface area contributed by atoms with E-state index < -0.39 is 0 Å². The summed E-state index contributed by atoms with van der Waals surface area (Å²) < 4.78 is 1.26. The molecule has 3 N–H and O–H groups in total. The number of aromatic nitrogens is 1. The fourth-order valence-electron chi connectivity index (χ4n) is 3.54. The molecule has 0 aromatic carbocycles. The summed E-state index contributed by atoms with van der Waals surface area (Å²) in [5, 5.41) is 2.10. The van der Waals surface area contributed by atoms with Crippen molar-refractivity contribution in [2.24, 2.45) is 17.7 Å². The minimum atomic E-state index is 0.239. The highest BCUT2D eigenvalue weighted by Crippen LogP contribution is 2.38. The van der Waals surface area contributed by atoms with Crippen LogP contribution in [0.4, 0.5) is 0 Å². The molecule has 0 bridgehead atoms. The Hall–Kier alpha value is -0.970. The van der Waals surface area contributed by atoms with Crippen LogP contribution in [0.3, 0.4) is 0 Å². The minimum absolute atomic E-state index is 0.239. The third-order valence-electron chi connectivity index (χ3n) is 4.73. The molecule has 3 atom stereocenters. The van der Waals surface area contributed by atoms with Gasteiger partial charge in [0.2, 0.25) is 0 Å². The molecule has 2 heterocycles. The quantitative estimate of drug-likeness (QED) is 0.660. The Balaban J connectivity index is 1.84. The van der Waals surface area contributed by atoms with Gasteiger partial charge in [-0.15, -0.1) is 11.3 Å². The summed E-state index contributed by atoms with van der Waals surface area (Å²) in [4.78, 5) is 4.56. The Kier molecular flexibility index (Phi) is 4.34. The molecule has 1 aliphatic carbocycles. The molecule has 0 amide bonds. The van der Waals surface area contributed by atoms with Gasteiger partial charge in [0.05, 0.1) is 16.3 Å². The zero-order valence-corrected chi connectivity index (χ0v) is 12.8. The molecule has 0 spiro atoms. The molecule has 0 radical (unpaired) electrons. The first-order valence-corrected chi connectivity index (χ1v) is 8.49. The largest absolute Gasteiger partial charge is 0.271 e. The normalized spacial score (nSPS) is 24.9. The molecule has 1 saturated carbocycles. The summed E-state index contributed by atoms with van der Waals surface area (Å²) in [6.07, 6.45) is 8.55. The molecular formula is C16H23N3S. The van der Waals surface area contributed by atoms with Crippen LogP contribution in [0.15, 0.2) is 23.7 Å². The van der Waals surface area contributed by atoms with Crippen LogP contribution in [-0.2, 0) is 0 Å². The smallest absolute Gasteiger partial charge is 0.0809 e. The molecule has 4 heteroatoms. The summed E-state index contributed by atoms with van der Waals surface area (Å²) >= 11 is 1.75. The highest BCUT2D eigenvalue weighted by atomic mass is 32.1. The molecule has 1 aliphatic rings. The Bertz CT molecular complexity index is 566. The summed E-state index contributed by atoms with van der Waals surface area (Å²) in [5.41, 5.74) is 5.38. The maximum Gasteiger partial charge on any atom is 0.0809 e. The maximum atomic E-state index is 5.87. The Morgan fingerprint density at radius 2 is 2.40 bits per heavy atom. The standard InChI is InChI=1S/C16H23N3S/c1-2-11-4-3-5-12(8-11)16(19-17)13-9-15-14(18-10-13)6-7-20-15/h6-7,9-12,16,19H,2-5,8,17H2,1H3. The lowest BCUT2D eigenvalue weighted by atomic mass is 9.75. The van der Waals surface area contributed by atoms with Crippen LogP contribution in [0, 0.1) is 11.8 Å². The monoisotopic (exact) mass is 289 g/mol. The summed E-state index contributed by atoms with van der Waals surface area (Å²) in [7, 11) is 0. The van der Waals surface area contributed by atoms with Gasteiger partial charge in [0, 0.05) is 6.20 Å². The molecule has 3 rings (SSSR count). The van der Waals surface area contributed by atoms with Crippen molar-refractivity contribution in [3.63, 3.8) is 0 Å². The summed E-state index contributed by atoms with van der Waals surface area (Å²) in [5.74, 6) is 7.37. The van der Waals surface area contributed by atoms with Crippen molar-refractivity contribution in [2.45, 2.75) is 45.1 Å². The van der Waals surface area contributed by atoms with Gasteiger partial charge in [-0.25, -0.2) is 0 Å². The molecular weight excluding hydrogens is 266 g/mol.